The summed E-state index contributed by atoms with van der Waals surface area (Å²) in [5.74, 6) is 1.12. The van der Waals surface area contributed by atoms with Crippen molar-refractivity contribution in [2.24, 2.45) is 11.3 Å². The molecule has 7 heteroatoms. The number of carbonyl (C=O) groups excluding carboxylic acids is 1. The summed E-state index contributed by atoms with van der Waals surface area (Å²) in [7, 11) is 0. The third-order valence-corrected chi connectivity index (χ3v) is 10.5. The first-order valence-electron chi connectivity index (χ1n) is 14.9. The summed E-state index contributed by atoms with van der Waals surface area (Å²) in [6.45, 7) is 2.89. The summed E-state index contributed by atoms with van der Waals surface area (Å²) in [4.78, 5) is 22.7. The second-order valence-electron chi connectivity index (χ2n) is 12.6. The molecule has 1 amide bonds. The monoisotopic (exact) mass is 547 g/mol. The smallest absolute Gasteiger partial charge is 0.337 e. The van der Waals surface area contributed by atoms with Gasteiger partial charge in [-0.3, -0.25) is 9.78 Å². The number of aromatic nitrogens is 1. The lowest BCUT2D eigenvalue weighted by Gasteiger charge is -2.39. The van der Waals surface area contributed by atoms with Gasteiger partial charge in [0.1, 0.15) is 0 Å². The summed E-state index contributed by atoms with van der Waals surface area (Å²) >= 11 is 0. The van der Waals surface area contributed by atoms with E-state index in [1.54, 1.807) is 0 Å². The molecule has 3 fully saturated rings. The van der Waals surface area contributed by atoms with Crippen LogP contribution >= 0.6 is 0 Å². The molecule has 2 aliphatic carbocycles. The number of hydrogen-bond acceptors (Lipinski definition) is 3. The van der Waals surface area contributed by atoms with Crippen molar-refractivity contribution in [3.8, 4) is 0 Å². The van der Waals surface area contributed by atoms with Gasteiger partial charge in [-0.1, -0.05) is 48.9 Å². The predicted molar refractivity (Wildman–Crippen MR) is 149 cm³/mol. The molecule has 0 N–H and O–H groups in total. The lowest BCUT2D eigenvalue weighted by Crippen LogP contribution is -2.47. The van der Waals surface area contributed by atoms with Gasteiger partial charge in [-0.25, -0.2) is 0 Å². The lowest BCUT2D eigenvalue weighted by molar-refractivity contribution is -0.144. The highest BCUT2D eigenvalue weighted by molar-refractivity contribution is 5.84. The minimum Gasteiger partial charge on any atom is -0.337 e. The Hall–Kier alpha value is -2.93. The number of halogens is 3. The predicted octanol–water partition coefficient (Wildman–Crippen LogP) is 6.97. The topological polar surface area (TPSA) is 36.4 Å². The Bertz CT molecular complexity index is 1430. The third kappa shape index (κ3) is 4.50. The van der Waals surface area contributed by atoms with Crippen molar-refractivity contribution < 1.29 is 18.0 Å². The maximum Gasteiger partial charge on any atom is 0.417 e. The molecule has 1 aromatic heterocycles. The van der Waals surface area contributed by atoms with Gasteiger partial charge in [-0.15, -0.1) is 0 Å². The standard InChI is InChI=1S/C33H36F3N3O/c34-33(35,36)28-17-26-21-39(15-11-30(26)37-20-28)31(40)32-12-3-6-27(32)18-29(19-32)38-13-9-23(10-14-38)25-8-7-22-4-1-2-5-24(22)16-25/h1-2,4-5,7-8,16-17,20,23,27,29H,3,6,9-15,18-19,21H2/t27-,29-,32-/m1/s1. The first-order chi connectivity index (χ1) is 19.3. The van der Waals surface area contributed by atoms with Gasteiger partial charge >= 0.3 is 6.18 Å². The van der Waals surface area contributed by atoms with E-state index in [-0.39, 0.29) is 17.9 Å². The van der Waals surface area contributed by atoms with Crippen LogP contribution in [0.25, 0.3) is 10.8 Å². The molecular formula is C33H36F3N3O. The van der Waals surface area contributed by atoms with Crippen LogP contribution in [0, 0.1) is 11.3 Å². The van der Waals surface area contributed by atoms with Crippen molar-refractivity contribution >= 4 is 16.7 Å². The molecule has 7 rings (SSSR count). The molecule has 2 aliphatic heterocycles. The molecule has 3 heterocycles. The summed E-state index contributed by atoms with van der Waals surface area (Å²) < 4.78 is 39.9. The average molecular weight is 548 g/mol. The van der Waals surface area contributed by atoms with E-state index in [0.717, 1.165) is 64.2 Å². The number of nitrogens with zero attached hydrogens (tertiary/aromatic N) is 3. The molecule has 0 unspecified atom stereocenters. The van der Waals surface area contributed by atoms with Gasteiger partial charge in [0.25, 0.3) is 0 Å². The molecule has 4 aliphatic rings. The van der Waals surface area contributed by atoms with Crippen molar-refractivity contribution in [3.63, 3.8) is 0 Å². The number of hydrogen-bond donors (Lipinski definition) is 0. The number of carbonyl (C=O) groups is 1. The maximum absolute atomic E-state index is 14.1. The molecule has 0 radical (unpaired) electrons. The Morgan fingerprint density at radius 3 is 2.58 bits per heavy atom. The summed E-state index contributed by atoms with van der Waals surface area (Å²) in [5.41, 5.74) is 1.58. The van der Waals surface area contributed by atoms with Crippen LogP contribution < -0.4 is 0 Å². The molecule has 3 aromatic rings. The van der Waals surface area contributed by atoms with Crippen LogP contribution in [-0.4, -0.2) is 46.4 Å². The zero-order valence-electron chi connectivity index (χ0n) is 22.8. The van der Waals surface area contributed by atoms with E-state index in [2.05, 4.69) is 52.3 Å². The summed E-state index contributed by atoms with van der Waals surface area (Å²) in [5, 5.41) is 2.59. The Morgan fingerprint density at radius 1 is 0.975 bits per heavy atom. The first-order valence-corrected chi connectivity index (χ1v) is 14.9. The van der Waals surface area contributed by atoms with E-state index in [0.29, 0.717) is 42.1 Å². The van der Waals surface area contributed by atoms with E-state index >= 15 is 0 Å². The quantitative estimate of drug-likeness (QED) is 0.356. The van der Waals surface area contributed by atoms with Crippen molar-refractivity contribution in [3.05, 3.63) is 77.1 Å². The SMILES string of the molecule is O=C(N1CCc2ncc(C(F)(F)F)cc2C1)[C@@]12CCC[C@@H]1C[C@@H](N1CCC(c3ccc4ccccc4c3)CC1)C2. The van der Waals surface area contributed by atoms with Crippen molar-refractivity contribution in [1.29, 1.82) is 0 Å². The van der Waals surface area contributed by atoms with E-state index in [1.807, 2.05) is 4.90 Å². The Morgan fingerprint density at radius 2 is 1.77 bits per heavy atom. The van der Waals surface area contributed by atoms with Crippen molar-refractivity contribution in [1.82, 2.24) is 14.8 Å². The molecule has 40 heavy (non-hydrogen) atoms. The van der Waals surface area contributed by atoms with E-state index in [1.165, 1.54) is 22.4 Å². The fourth-order valence-electron chi connectivity index (χ4n) is 8.36. The van der Waals surface area contributed by atoms with Gasteiger partial charge in [0.2, 0.25) is 5.91 Å². The highest BCUT2D eigenvalue weighted by atomic mass is 19.4. The van der Waals surface area contributed by atoms with Gasteiger partial charge < -0.3 is 9.80 Å². The van der Waals surface area contributed by atoms with Gasteiger partial charge in [0.05, 0.1) is 11.0 Å². The largest absolute Gasteiger partial charge is 0.417 e. The Kier molecular flexibility index (Phi) is 6.41. The normalized spacial score (nSPS) is 27.6. The van der Waals surface area contributed by atoms with Crippen LogP contribution in [0.15, 0.2) is 54.7 Å². The second-order valence-corrected chi connectivity index (χ2v) is 12.6. The van der Waals surface area contributed by atoms with Crippen LogP contribution in [0.2, 0.25) is 0 Å². The number of rotatable bonds is 3. The van der Waals surface area contributed by atoms with Gasteiger partial charge in [0.15, 0.2) is 0 Å². The highest BCUT2D eigenvalue weighted by Crippen LogP contribution is 2.57. The zero-order valence-corrected chi connectivity index (χ0v) is 22.8. The summed E-state index contributed by atoms with van der Waals surface area (Å²) in [6.07, 6.45) is 4.30. The number of fused-ring (bicyclic) bond motifs is 3. The Labute approximate surface area is 233 Å². The maximum atomic E-state index is 14.1. The van der Waals surface area contributed by atoms with Gasteiger partial charge in [-0.2, -0.15) is 13.2 Å². The fourth-order valence-corrected chi connectivity index (χ4v) is 8.36. The molecule has 0 bridgehead atoms. The number of piperidine rings is 1. The molecule has 1 saturated heterocycles. The Balaban J connectivity index is 1.03. The third-order valence-electron chi connectivity index (χ3n) is 10.5. The minimum absolute atomic E-state index is 0.173. The number of likely N-dealkylation sites (tertiary alicyclic amines) is 1. The van der Waals surface area contributed by atoms with Crippen molar-refractivity contribution in [2.75, 3.05) is 19.6 Å². The molecule has 3 atom stereocenters. The van der Waals surface area contributed by atoms with Crippen LogP contribution in [0.5, 0.6) is 0 Å². The summed E-state index contributed by atoms with van der Waals surface area (Å²) in [6, 6.07) is 17.0. The van der Waals surface area contributed by atoms with Crippen LogP contribution in [0.3, 0.4) is 0 Å². The van der Waals surface area contributed by atoms with E-state index in [9.17, 15) is 18.0 Å². The number of amides is 1. The fraction of sp³-hybridized carbons (Fsp3) is 0.515. The first kappa shape index (κ1) is 26.0. The van der Waals surface area contributed by atoms with Gasteiger partial charge in [0, 0.05) is 37.4 Å². The van der Waals surface area contributed by atoms with Gasteiger partial charge in [-0.05, 0) is 91.4 Å². The minimum atomic E-state index is -4.43. The molecular weight excluding hydrogens is 511 g/mol. The van der Waals surface area contributed by atoms with Crippen LogP contribution in [-0.2, 0) is 23.9 Å². The average Bonchev–Trinajstić information content (AvgIpc) is 3.54. The molecule has 210 valence electrons. The number of alkyl halides is 3. The van der Waals surface area contributed by atoms with Crippen LogP contribution in [0.4, 0.5) is 13.2 Å². The van der Waals surface area contributed by atoms with Crippen molar-refractivity contribution in [2.45, 2.75) is 76.0 Å². The number of pyridine rings is 1. The lowest BCUT2D eigenvalue weighted by atomic mass is 9.78. The van der Waals surface area contributed by atoms with E-state index < -0.39 is 11.7 Å². The molecule has 4 nitrogen and oxygen atoms in total. The zero-order chi connectivity index (χ0) is 27.5. The van der Waals surface area contributed by atoms with E-state index in [4.69, 9.17) is 0 Å². The highest BCUT2D eigenvalue weighted by Gasteiger charge is 2.57. The number of benzene rings is 2. The molecule has 2 aromatic carbocycles. The molecule has 0 spiro atoms. The van der Waals surface area contributed by atoms with Crippen LogP contribution in [0.1, 0.15) is 73.2 Å². The second kappa shape index (κ2) is 9.86. The molecule has 2 saturated carbocycles.